The van der Waals surface area contributed by atoms with Crippen molar-refractivity contribution in [1.29, 1.82) is 0 Å². The van der Waals surface area contributed by atoms with E-state index in [9.17, 15) is 0 Å². The van der Waals surface area contributed by atoms with Crippen molar-refractivity contribution >= 4 is 0 Å². The van der Waals surface area contributed by atoms with E-state index in [1.807, 2.05) is 19.9 Å². The summed E-state index contributed by atoms with van der Waals surface area (Å²) >= 11 is 0. The van der Waals surface area contributed by atoms with Crippen molar-refractivity contribution in [3.8, 4) is 0 Å². The minimum absolute atomic E-state index is 0.400. The molecule has 0 saturated heterocycles. The smallest absolute Gasteiger partial charge is 0.0259 e. The molecular weight excluding hydrogens is 84.1 g/mol. The van der Waals surface area contributed by atoms with Gasteiger partial charge in [0.25, 0.3) is 0 Å². The number of rotatable bonds is 1. The fourth-order valence-electron chi connectivity index (χ4n) is 0.486. The van der Waals surface area contributed by atoms with Gasteiger partial charge in [0.05, 0.1) is 0 Å². The molecule has 40 valence electrons. The predicted molar refractivity (Wildman–Crippen MR) is 33.6 cm³/mol. The maximum Gasteiger partial charge on any atom is -0.0259 e. The highest BCUT2D eigenvalue weighted by atomic mass is 13.9. The fraction of sp³-hybridized carbons (Fsp3) is 0.429. The average Bonchev–Trinajstić information content (AvgIpc) is 1.27. The molecule has 0 aromatic heterocycles. The standard InChI is InChI=1S/C7H12/c1-6(2)5-7(3)4/h5-6H,1,3H2,2,4H3/b7-5-. The minimum Gasteiger partial charge on any atom is -0.0828 e. The molecule has 1 unspecified atom stereocenters. The number of hydrogen-bond acceptors (Lipinski definition) is 0. The monoisotopic (exact) mass is 96.1 g/mol. The zero-order valence-corrected chi connectivity index (χ0v) is 5.07. The molecule has 0 amide bonds. The zero-order valence-electron chi connectivity index (χ0n) is 5.07. The largest absolute Gasteiger partial charge is 0.0828 e. The molecule has 0 aliphatic carbocycles. The molecule has 0 spiro atoms. The zero-order chi connectivity index (χ0) is 5.86. The summed E-state index contributed by atoms with van der Waals surface area (Å²) < 4.78 is 0. The first kappa shape index (κ1) is 6.74. The summed E-state index contributed by atoms with van der Waals surface area (Å²) in [5.74, 6) is 0.400. The van der Waals surface area contributed by atoms with E-state index < -0.39 is 0 Å². The van der Waals surface area contributed by atoms with Crippen molar-refractivity contribution in [3.05, 3.63) is 25.5 Å². The van der Waals surface area contributed by atoms with Crippen LogP contribution in [0.15, 0.2) is 11.6 Å². The van der Waals surface area contributed by atoms with Crippen LogP contribution in [0.2, 0.25) is 0 Å². The Morgan fingerprint density at radius 2 is 2.14 bits per heavy atom. The van der Waals surface area contributed by atoms with Crippen LogP contribution in [0.25, 0.3) is 0 Å². The molecule has 0 fully saturated rings. The van der Waals surface area contributed by atoms with Gasteiger partial charge in [0, 0.05) is 0 Å². The molecule has 0 heterocycles. The van der Waals surface area contributed by atoms with E-state index in [-0.39, 0.29) is 0 Å². The van der Waals surface area contributed by atoms with Crippen LogP contribution >= 0.6 is 0 Å². The molecule has 0 aromatic rings. The van der Waals surface area contributed by atoms with Crippen molar-refractivity contribution in [2.75, 3.05) is 0 Å². The molecule has 0 rings (SSSR count). The van der Waals surface area contributed by atoms with Crippen molar-refractivity contribution < 1.29 is 0 Å². The third-order valence-corrected chi connectivity index (χ3v) is 0.569. The number of hydrogen-bond donors (Lipinski definition) is 0. The van der Waals surface area contributed by atoms with Gasteiger partial charge in [-0.3, -0.25) is 0 Å². The summed E-state index contributed by atoms with van der Waals surface area (Å²) in [4.78, 5) is 0. The van der Waals surface area contributed by atoms with Crippen molar-refractivity contribution in [1.82, 2.24) is 0 Å². The van der Waals surface area contributed by atoms with Crippen molar-refractivity contribution in [2.24, 2.45) is 5.92 Å². The van der Waals surface area contributed by atoms with Crippen LogP contribution < -0.4 is 0 Å². The summed E-state index contributed by atoms with van der Waals surface area (Å²) in [7, 11) is 0. The summed E-state index contributed by atoms with van der Waals surface area (Å²) in [5.41, 5.74) is 1.10. The van der Waals surface area contributed by atoms with Crippen LogP contribution in [-0.2, 0) is 0 Å². The number of allylic oxidation sites excluding steroid dienone is 2. The SMILES string of the molecule is [CH2]/C(C)=C/C([CH2])C. The van der Waals surface area contributed by atoms with Gasteiger partial charge in [-0.1, -0.05) is 18.6 Å². The Labute approximate surface area is 46.2 Å². The first-order valence-corrected chi connectivity index (χ1v) is 2.46. The molecule has 0 bridgehead atoms. The summed E-state index contributed by atoms with van der Waals surface area (Å²) in [5, 5.41) is 0. The van der Waals surface area contributed by atoms with E-state index in [1.54, 1.807) is 0 Å². The Morgan fingerprint density at radius 1 is 1.71 bits per heavy atom. The molecule has 0 aromatic carbocycles. The average molecular weight is 96.2 g/mol. The second kappa shape index (κ2) is 2.84. The quantitative estimate of drug-likeness (QED) is 0.469. The van der Waals surface area contributed by atoms with Gasteiger partial charge in [-0.15, -0.1) is 0 Å². The Balaban J connectivity index is 3.45. The molecule has 0 heteroatoms. The minimum atomic E-state index is 0.400. The Kier molecular flexibility index (Phi) is 2.73. The van der Waals surface area contributed by atoms with Crippen LogP contribution in [0.5, 0.6) is 0 Å². The lowest BCUT2D eigenvalue weighted by Gasteiger charge is -1.92. The Bertz CT molecular complexity index is 64.1. The van der Waals surface area contributed by atoms with Crippen LogP contribution in [0.1, 0.15) is 13.8 Å². The second-order valence-corrected chi connectivity index (χ2v) is 1.99. The second-order valence-electron chi connectivity index (χ2n) is 1.99. The van der Waals surface area contributed by atoms with Gasteiger partial charge in [0.2, 0.25) is 0 Å². The van der Waals surface area contributed by atoms with E-state index in [0.29, 0.717) is 5.92 Å². The van der Waals surface area contributed by atoms with Crippen molar-refractivity contribution in [3.63, 3.8) is 0 Å². The topological polar surface area (TPSA) is 0 Å². The fourth-order valence-corrected chi connectivity index (χ4v) is 0.486. The lowest BCUT2D eigenvalue weighted by Crippen LogP contribution is -1.78. The van der Waals surface area contributed by atoms with Gasteiger partial charge < -0.3 is 0 Å². The van der Waals surface area contributed by atoms with E-state index in [4.69, 9.17) is 0 Å². The highest BCUT2D eigenvalue weighted by Gasteiger charge is 1.82. The first-order chi connectivity index (χ1) is 3.13. The highest BCUT2D eigenvalue weighted by molar-refractivity contribution is 5.03. The maximum atomic E-state index is 3.76. The van der Waals surface area contributed by atoms with Crippen LogP contribution in [0.4, 0.5) is 0 Å². The highest BCUT2D eigenvalue weighted by Crippen LogP contribution is 1.97. The van der Waals surface area contributed by atoms with E-state index in [1.165, 1.54) is 0 Å². The predicted octanol–water partition coefficient (Wildman–Crippen LogP) is 2.24. The molecule has 1 atom stereocenters. The summed E-state index contributed by atoms with van der Waals surface area (Å²) in [6.45, 7) is 11.5. The van der Waals surface area contributed by atoms with E-state index >= 15 is 0 Å². The van der Waals surface area contributed by atoms with Gasteiger partial charge in [-0.2, -0.15) is 0 Å². The molecule has 0 saturated carbocycles. The van der Waals surface area contributed by atoms with E-state index in [0.717, 1.165) is 5.57 Å². The lowest BCUT2D eigenvalue weighted by atomic mass is 10.1. The lowest BCUT2D eigenvalue weighted by molar-refractivity contribution is 0.926. The molecular formula is C7H12. The van der Waals surface area contributed by atoms with Crippen LogP contribution in [0, 0.1) is 19.8 Å². The molecule has 2 radical (unpaired) electrons. The third-order valence-electron chi connectivity index (χ3n) is 0.569. The van der Waals surface area contributed by atoms with Crippen molar-refractivity contribution in [2.45, 2.75) is 13.8 Å². The first-order valence-electron chi connectivity index (χ1n) is 2.46. The van der Waals surface area contributed by atoms with Gasteiger partial charge in [0.15, 0.2) is 0 Å². The summed E-state index contributed by atoms with van der Waals surface area (Å²) in [6, 6.07) is 0. The molecule has 0 N–H and O–H groups in total. The van der Waals surface area contributed by atoms with Gasteiger partial charge in [-0.25, -0.2) is 0 Å². The molecule has 0 nitrogen and oxygen atoms in total. The van der Waals surface area contributed by atoms with Gasteiger partial charge in [-0.05, 0) is 26.7 Å². The molecule has 7 heavy (non-hydrogen) atoms. The summed E-state index contributed by atoms with van der Waals surface area (Å²) in [6.07, 6.45) is 2.03. The van der Waals surface area contributed by atoms with E-state index in [2.05, 4.69) is 13.8 Å². The van der Waals surface area contributed by atoms with Gasteiger partial charge >= 0.3 is 0 Å². The van der Waals surface area contributed by atoms with Crippen LogP contribution in [0.3, 0.4) is 0 Å². The Hall–Kier alpha value is -0.260. The molecule has 0 aliphatic rings. The molecule has 0 aliphatic heterocycles. The van der Waals surface area contributed by atoms with Gasteiger partial charge in [0.1, 0.15) is 0 Å². The normalized spacial score (nSPS) is 13.0. The Morgan fingerprint density at radius 3 is 2.14 bits per heavy atom. The van der Waals surface area contributed by atoms with Crippen LogP contribution in [-0.4, -0.2) is 0 Å². The maximum absolute atomic E-state index is 3.76. The third kappa shape index (κ3) is 5.74.